The summed E-state index contributed by atoms with van der Waals surface area (Å²) in [5.74, 6) is 0. The minimum Gasteiger partial charge on any atom is -0.252 e. The van der Waals surface area contributed by atoms with Crippen LogP contribution in [-0.2, 0) is 9.84 Å². The number of sulfone groups is 1. The van der Waals surface area contributed by atoms with E-state index in [1.807, 2.05) is 31.2 Å². The molecule has 1 heterocycles. The predicted octanol–water partition coefficient (Wildman–Crippen LogP) is 3.68. The Kier molecular flexibility index (Phi) is 3.26. The second kappa shape index (κ2) is 4.97. The molecule has 0 aliphatic carbocycles. The molecular weight excluding hydrogens is 282 g/mol. The summed E-state index contributed by atoms with van der Waals surface area (Å²) in [7, 11) is -3.55. The highest BCUT2D eigenvalue weighted by Gasteiger charge is 2.24. The van der Waals surface area contributed by atoms with E-state index in [-0.39, 0.29) is 0 Å². The minimum atomic E-state index is -3.55. The minimum absolute atomic E-state index is 0.299. The third-order valence-electron chi connectivity index (χ3n) is 3.59. The first-order valence-corrected chi connectivity index (χ1v) is 8.16. The van der Waals surface area contributed by atoms with Crippen molar-refractivity contribution in [3.63, 3.8) is 0 Å². The van der Waals surface area contributed by atoms with Gasteiger partial charge in [0.25, 0.3) is 0 Å². The summed E-state index contributed by atoms with van der Waals surface area (Å²) in [4.78, 5) is 5.06. The molecule has 1 aromatic heterocycles. The molecule has 0 amide bonds. The monoisotopic (exact) mass is 297 g/mol. The third-order valence-corrected chi connectivity index (χ3v) is 5.62. The van der Waals surface area contributed by atoms with Crippen LogP contribution in [0.3, 0.4) is 0 Å². The molecule has 0 bridgehead atoms. The Bertz CT molecular complexity index is 916. The number of pyridine rings is 1. The van der Waals surface area contributed by atoms with Crippen LogP contribution in [0.5, 0.6) is 0 Å². The van der Waals surface area contributed by atoms with Crippen molar-refractivity contribution in [2.75, 3.05) is 0 Å². The number of hydrogen-bond acceptors (Lipinski definition) is 3. The fourth-order valence-corrected chi connectivity index (χ4v) is 4.33. The second-order valence-corrected chi connectivity index (χ2v) is 6.87. The fourth-order valence-electron chi connectivity index (χ4n) is 2.63. The second-order valence-electron chi connectivity index (χ2n) is 4.98. The van der Waals surface area contributed by atoms with Crippen LogP contribution >= 0.6 is 0 Å². The van der Waals surface area contributed by atoms with E-state index in [1.54, 1.807) is 37.3 Å². The number of aryl methyl sites for hydroxylation is 2. The molecule has 0 spiro atoms. The van der Waals surface area contributed by atoms with Crippen molar-refractivity contribution in [1.82, 2.24) is 4.98 Å². The van der Waals surface area contributed by atoms with Gasteiger partial charge in [0.2, 0.25) is 9.84 Å². The molecule has 0 fully saturated rings. The summed E-state index contributed by atoms with van der Waals surface area (Å²) in [5, 5.41) is 0.873. The van der Waals surface area contributed by atoms with Crippen LogP contribution in [0.1, 0.15) is 11.3 Å². The van der Waals surface area contributed by atoms with Gasteiger partial charge in [-0.1, -0.05) is 36.4 Å². The lowest BCUT2D eigenvalue weighted by atomic mass is 10.1. The van der Waals surface area contributed by atoms with Crippen molar-refractivity contribution in [2.24, 2.45) is 0 Å². The van der Waals surface area contributed by atoms with Gasteiger partial charge in [0.15, 0.2) is 0 Å². The van der Waals surface area contributed by atoms with Crippen LogP contribution in [0.4, 0.5) is 0 Å². The molecule has 3 aromatic rings. The topological polar surface area (TPSA) is 47.0 Å². The van der Waals surface area contributed by atoms with Crippen molar-refractivity contribution in [1.29, 1.82) is 0 Å². The lowest BCUT2D eigenvalue weighted by Crippen LogP contribution is -2.08. The van der Waals surface area contributed by atoms with E-state index in [0.29, 0.717) is 15.5 Å². The Morgan fingerprint density at radius 1 is 0.857 bits per heavy atom. The molecule has 0 radical (unpaired) electrons. The Hall–Kier alpha value is -2.20. The number of benzene rings is 2. The van der Waals surface area contributed by atoms with Crippen LogP contribution in [-0.4, -0.2) is 13.4 Å². The number of aromatic nitrogens is 1. The molecule has 0 saturated carbocycles. The van der Waals surface area contributed by atoms with Crippen LogP contribution in [0.15, 0.2) is 64.4 Å². The van der Waals surface area contributed by atoms with Gasteiger partial charge in [-0.25, -0.2) is 8.42 Å². The molecule has 0 aliphatic rings. The van der Waals surface area contributed by atoms with E-state index in [0.717, 1.165) is 16.5 Å². The largest absolute Gasteiger partial charge is 0.252 e. The van der Waals surface area contributed by atoms with Gasteiger partial charge in [-0.15, -0.1) is 0 Å². The molecule has 0 unspecified atom stereocenters. The molecule has 3 nitrogen and oxygen atoms in total. The Morgan fingerprint density at radius 3 is 2.19 bits per heavy atom. The Balaban J connectivity index is 2.36. The lowest BCUT2D eigenvalue weighted by molar-refractivity contribution is 0.594. The number of rotatable bonds is 2. The summed E-state index contributed by atoms with van der Waals surface area (Å²) in [5.41, 5.74) is 2.11. The number of para-hydroxylation sites is 1. The van der Waals surface area contributed by atoms with Crippen LogP contribution in [0.25, 0.3) is 10.9 Å². The molecule has 0 atom stereocenters. The molecule has 0 N–H and O–H groups in total. The summed E-state index contributed by atoms with van der Waals surface area (Å²) in [6, 6.07) is 16.1. The molecule has 0 saturated heterocycles. The van der Waals surface area contributed by atoms with E-state index >= 15 is 0 Å². The van der Waals surface area contributed by atoms with Gasteiger partial charge >= 0.3 is 0 Å². The van der Waals surface area contributed by atoms with Crippen LogP contribution in [0, 0.1) is 13.8 Å². The van der Waals surface area contributed by atoms with Gasteiger partial charge in [-0.2, -0.15) is 0 Å². The first-order valence-electron chi connectivity index (χ1n) is 6.68. The van der Waals surface area contributed by atoms with Gasteiger partial charge in [-0.3, -0.25) is 4.98 Å². The van der Waals surface area contributed by atoms with Crippen molar-refractivity contribution in [2.45, 2.75) is 23.6 Å². The molecule has 3 rings (SSSR count). The summed E-state index contributed by atoms with van der Waals surface area (Å²) < 4.78 is 25.8. The zero-order chi connectivity index (χ0) is 15.0. The smallest absolute Gasteiger partial charge is 0.208 e. The summed E-state index contributed by atoms with van der Waals surface area (Å²) in [6.07, 6.45) is 0. The molecule has 21 heavy (non-hydrogen) atoms. The zero-order valence-corrected chi connectivity index (χ0v) is 12.7. The number of hydrogen-bond donors (Lipinski definition) is 0. The highest BCUT2D eigenvalue weighted by atomic mass is 32.2. The quantitative estimate of drug-likeness (QED) is 0.725. The average molecular weight is 297 g/mol. The molecule has 106 valence electrons. The Morgan fingerprint density at radius 2 is 1.48 bits per heavy atom. The fraction of sp³-hybridized carbons (Fsp3) is 0.118. The van der Waals surface area contributed by atoms with Crippen LogP contribution < -0.4 is 0 Å². The Labute approximate surface area is 124 Å². The van der Waals surface area contributed by atoms with Gasteiger partial charge < -0.3 is 0 Å². The SMILES string of the molecule is Cc1nc2ccccc2c(C)c1S(=O)(=O)c1ccccc1. The van der Waals surface area contributed by atoms with Gasteiger partial charge in [0, 0.05) is 5.39 Å². The zero-order valence-electron chi connectivity index (χ0n) is 11.9. The maximum Gasteiger partial charge on any atom is 0.208 e. The normalized spacial score (nSPS) is 11.7. The average Bonchev–Trinajstić information content (AvgIpc) is 2.48. The van der Waals surface area contributed by atoms with Crippen molar-refractivity contribution in [3.05, 3.63) is 65.9 Å². The van der Waals surface area contributed by atoms with E-state index in [1.165, 1.54) is 0 Å². The van der Waals surface area contributed by atoms with Gasteiger partial charge in [0.1, 0.15) is 0 Å². The highest BCUT2D eigenvalue weighted by Crippen LogP contribution is 2.30. The molecule has 2 aromatic carbocycles. The third kappa shape index (κ3) is 2.21. The van der Waals surface area contributed by atoms with Crippen molar-refractivity contribution >= 4 is 20.7 Å². The molecule has 0 aliphatic heterocycles. The highest BCUT2D eigenvalue weighted by molar-refractivity contribution is 7.91. The maximum atomic E-state index is 12.9. The van der Waals surface area contributed by atoms with E-state index in [2.05, 4.69) is 4.98 Å². The molecule has 4 heteroatoms. The van der Waals surface area contributed by atoms with Crippen molar-refractivity contribution < 1.29 is 8.42 Å². The van der Waals surface area contributed by atoms with Crippen LogP contribution in [0.2, 0.25) is 0 Å². The first kappa shape index (κ1) is 13.8. The van der Waals surface area contributed by atoms with Gasteiger partial charge in [0.05, 0.1) is 21.0 Å². The number of fused-ring (bicyclic) bond motifs is 1. The number of nitrogens with zero attached hydrogens (tertiary/aromatic N) is 1. The molecular formula is C17H15NO2S. The standard InChI is InChI=1S/C17H15NO2S/c1-12-15-10-6-7-11-16(15)18-13(2)17(12)21(19,20)14-8-4-3-5-9-14/h3-11H,1-2H3. The lowest BCUT2D eigenvalue weighted by Gasteiger charge is -2.13. The van der Waals surface area contributed by atoms with Crippen molar-refractivity contribution in [3.8, 4) is 0 Å². The van der Waals surface area contributed by atoms with Gasteiger partial charge in [-0.05, 0) is 37.6 Å². The predicted molar refractivity (Wildman–Crippen MR) is 83.1 cm³/mol. The van der Waals surface area contributed by atoms with E-state index in [9.17, 15) is 8.42 Å². The maximum absolute atomic E-state index is 12.9. The first-order chi connectivity index (χ1) is 10.0. The van der Waals surface area contributed by atoms with E-state index < -0.39 is 9.84 Å². The van der Waals surface area contributed by atoms with E-state index in [4.69, 9.17) is 0 Å². The summed E-state index contributed by atoms with van der Waals surface area (Å²) in [6.45, 7) is 3.59. The summed E-state index contributed by atoms with van der Waals surface area (Å²) >= 11 is 0.